The van der Waals surface area contributed by atoms with Gasteiger partial charge in [0.25, 0.3) is 0 Å². The molecule has 1 rings (SSSR count). The summed E-state index contributed by atoms with van der Waals surface area (Å²) in [5.74, 6) is 0.682. The SMILES string of the molecule is COc1ccc(CC(=O)NCCNC(C)=O)c(C)c1C. The lowest BCUT2D eigenvalue weighted by atomic mass is 10.00. The second-order valence-electron chi connectivity index (χ2n) is 4.69. The number of carbonyl (C=O) groups is 2. The number of carbonyl (C=O) groups excluding carboxylic acids is 2. The van der Waals surface area contributed by atoms with E-state index in [2.05, 4.69) is 10.6 Å². The van der Waals surface area contributed by atoms with E-state index >= 15 is 0 Å². The summed E-state index contributed by atoms with van der Waals surface area (Å²) < 4.78 is 5.25. The van der Waals surface area contributed by atoms with Gasteiger partial charge in [0.05, 0.1) is 13.5 Å². The number of ether oxygens (including phenoxy) is 1. The second-order valence-corrected chi connectivity index (χ2v) is 4.69. The van der Waals surface area contributed by atoms with Crippen molar-refractivity contribution >= 4 is 11.8 Å². The summed E-state index contributed by atoms with van der Waals surface area (Å²) in [7, 11) is 1.64. The fourth-order valence-corrected chi connectivity index (χ4v) is 1.94. The topological polar surface area (TPSA) is 67.4 Å². The first-order valence-corrected chi connectivity index (χ1v) is 6.60. The standard InChI is InChI=1S/C15H22N2O3/c1-10-11(2)14(20-4)6-5-13(10)9-15(19)17-8-7-16-12(3)18/h5-6H,7-9H2,1-4H3,(H,16,18)(H,17,19). The van der Waals surface area contributed by atoms with E-state index in [1.165, 1.54) is 6.92 Å². The zero-order valence-corrected chi connectivity index (χ0v) is 12.5. The Hall–Kier alpha value is -2.04. The minimum atomic E-state index is -0.0964. The molecule has 2 N–H and O–H groups in total. The maximum Gasteiger partial charge on any atom is 0.224 e. The maximum absolute atomic E-state index is 11.8. The van der Waals surface area contributed by atoms with E-state index in [0.29, 0.717) is 19.5 Å². The summed E-state index contributed by atoms with van der Waals surface area (Å²) in [6.45, 7) is 6.30. The third-order valence-electron chi connectivity index (χ3n) is 3.24. The van der Waals surface area contributed by atoms with Crippen LogP contribution in [-0.2, 0) is 16.0 Å². The van der Waals surface area contributed by atoms with Crippen molar-refractivity contribution in [2.24, 2.45) is 0 Å². The van der Waals surface area contributed by atoms with Gasteiger partial charge in [0.1, 0.15) is 5.75 Å². The molecule has 0 saturated heterocycles. The van der Waals surface area contributed by atoms with Gasteiger partial charge < -0.3 is 15.4 Å². The van der Waals surface area contributed by atoms with E-state index in [4.69, 9.17) is 4.74 Å². The Morgan fingerprint density at radius 2 is 1.75 bits per heavy atom. The lowest BCUT2D eigenvalue weighted by Crippen LogP contribution is -2.34. The molecule has 0 heterocycles. The zero-order chi connectivity index (χ0) is 15.1. The van der Waals surface area contributed by atoms with Crippen molar-refractivity contribution < 1.29 is 14.3 Å². The molecule has 1 aromatic rings. The highest BCUT2D eigenvalue weighted by Gasteiger charge is 2.10. The van der Waals surface area contributed by atoms with Crippen molar-refractivity contribution in [3.63, 3.8) is 0 Å². The van der Waals surface area contributed by atoms with E-state index in [0.717, 1.165) is 22.4 Å². The predicted octanol–water partition coefficient (Wildman–Crippen LogP) is 1.11. The van der Waals surface area contributed by atoms with Gasteiger partial charge in [-0.25, -0.2) is 0 Å². The molecule has 5 heteroatoms. The Bertz CT molecular complexity index is 498. The Morgan fingerprint density at radius 3 is 2.35 bits per heavy atom. The van der Waals surface area contributed by atoms with E-state index in [-0.39, 0.29) is 11.8 Å². The van der Waals surface area contributed by atoms with Crippen LogP contribution in [0.25, 0.3) is 0 Å². The van der Waals surface area contributed by atoms with Gasteiger partial charge in [-0.2, -0.15) is 0 Å². The molecule has 1 aromatic carbocycles. The minimum Gasteiger partial charge on any atom is -0.496 e. The van der Waals surface area contributed by atoms with Gasteiger partial charge in [-0.3, -0.25) is 9.59 Å². The molecule has 0 aromatic heterocycles. The van der Waals surface area contributed by atoms with Crippen molar-refractivity contribution in [2.45, 2.75) is 27.2 Å². The molecule has 5 nitrogen and oxygen atoms in total. The molecule has 2 amide bonds. The molecule has 110 valence electrons. The maximum atomic E-state index is 11.8. The average Bonchev–Trinajstić information content (AvgIpc) is 2.40. The van der Waals surface area contributed by atoms with Gasteiger partial charge in [-0.1, -0.05) is 6.07 Å². The first kappa shape index (κ1) is 16.0. The zero-order valence-electron chi connectivity index (χ0n) is 12.5. The van der Waals surface area contributed by atoms with Crippen LogP contribution in [0, 0.1) is 13.8 Å². The van der Waals surface area contributed by atoms with Gasteiger partial charge in [0.2, 0.25) is 11.8 Å². The first-order valence-electron chi connectivity index (χ1n) is 6.60. The van der Waals surface area contributed by atoms with Crippen molar-refractivity contribution in [3.8, 4) is 5.75 Å². The van der Waals surface area contributed by atoms with Crippen LogP contribution in [0.4, 0.5) is 0 Å². The van der Waals surface area contributed by atoms with E-state index in [1.54, 1.807) is 7.11 Å². The Kier molecular flexibility index (Phi) is 6.03. The lowest BCUT2D eigenvalue weighted by Gasteiger charge is -2.12. The molecular weight excluding hydrogens is 256 g/mol. The van der Waals surface area contributed by atoms with E-state index in [1.807, 2.05) is 26.0 Å². The molecule has 0 spiro atoms. The van der Waals surface area contributed by atoms with Crippen molar-refractivity contribution in [1.82, 2.24) is 10.6 Å². The normalized spacial score (nSPS) is 10.0. The highest BCUT2D eigenvalue weighted by atomic mass is 16.5. The third kappa shape index (κ3) is 4.57. The molecule has 0 saturated carbocycles. The van der Waals surface area contributed by atoms with Crippen LogP contribution < -0.4 is 15.4 Å². The minimum absolute atomic E-state index is 0.0528. The highest BCUT2D eigenvalue weighted by molar-refractivity contribution is 5.79. The molecule has 20 heavy (non-hydrogen) atoms. The number of nitrogens with one attached hydrogen (secondary N) is 2. The molecular formula is C15H22N2O3. The number of amides is 2. The first-order chi connectivity index (χ1) is 9.45. The number of hydrogen-bond donors (Lipinski definition) is 2. The van der Waals surface area contributed by atoms with Gasteiger partial charge in [0.15, 0.2) is 0 Å². The van der Waals surface area contributed by atoms with Crippen LogP contribution in [0.5, 0.6) is 5.75 Å². The van der Waals surface area contributed by atoms with Gasteiger partial charge in [-0.15, -0.1) is 0 Å². The van der Waals surface area contributed by atoms with Crippen LogP contribution in [0.2, 0.25) is 0 Å². The molecule has 0 aliphatic carbocycles. The van der Waals surface area contributed by atoms with Crippen LogP contribution in [0.3, 0.4) is 0 Å². The Balaban J connectivity index is 2.54. The smallest absolute Gasteiger partial charge is 0.224 e. The summed E-state index contributed by atoms with van der Waals surface area (Å²) in [6.07, 6.45) is 0.330. The number of benzene rings is 1. The number of methoxy groups -OCH3 is 1. The fraction of sp³-hybridized carbons (Fsp3) is 0.467. The molecule has 0 atom stereocenters. The molecule has 0 aliphatic heterocycles. The van der Waals surface area contributed by atoms with Crippen LogP contribution in [0.15, 0.2) is 12.1 Å². The predicted molar refractivity (Wildman–Crippen MR) is 77.9 cm³/mol. The molecule has 0 radical (unpaired) electrons. The fourth-order valence-electron chi connectivity index (χ4n) is 1.94. The van der Waals surface area contributed by atoms with Gasteiger partial charge in [-0.05, 0) is 36.6 Å². The van der Waals surface area contributed by atoms with Crippen LogP contribution in [-0.4, -0.2) is 32.0 Å². The van der Waals surface area contributed by atoms with Crippen LogP contribution >= 0.6 is 0 Å². The summed E-state index contributed by atoms with van der Waals surface area (Å²) in [5.41, 5.74) is 3.11. The number of rotatable bonds is 6. The van der Waals surface area contributed by atoms with Crippen LogP contribution in [0.1, 0.15) is 23.6 Å². The lowest BCUT2D eigenvalue weighted by molar-refractivity contribution is -0.121. The second kappa shape index (κ2) is 7.53. The molecule has 0 bridgehead atoms. The monoisotopic (exact) mass is 278 g/mol. The Morgan fingerprint density at radius 1 is 1.10 bits per heavy atom. The van der Waals surface area contributed by atoms with Crippen molar-refractivity contribution in [3.05, 3.63) is 28.8 Å². The molecule has 0 aliphatic rings. The summed E-state index contributed by atoms with van der Waals surface area (Å²) in [5, 5.41) is 5.41. The molecule has 0 fully saturated rings. The van der Waals surface area contributed by atoms with E-state index in [9.17, 15) is 9.59 Å². The quantitative estimate of drug-likeness (QED) is 0.766. The summed E-state index contributed by atoms with van der Waals surface area (Å²) in [6, 6.07) is 3.79. The van der Waals surface area contributed by atoms with E-state index < -0.39 is 0 Å². The van der Waals surface area contributed by atoms with Gasteiger partial charge in [0, 0.05) is 20.0 Å². The van der Waals surface area contributed by atoms with Crippen molar-refractivity contribution in [2.75, 3.05) is 20.2 Å². The third-order valence-corrected chi connectivity index (χ3v) is 3.24. The Labute approximate surface area is 119 Å². The van der Waals surface area contributed by atoms with Gasteiger partial charge >= 0.3 is 0 Å². The largest absolute Gasteiger partial charge is 0.496 e. The highest BCUT2D eigenvalue weighted by Crippen LogP contribution is 2.24. The molecule has 0 unspecified atom stereocenters. The summed E-state index contributed by atoms with van der Waals surface area (Å²) in [4.78, 5) is 22.5. The number of hydrogen-bond acceptors (Lipinski definition) is 3. The average molecular weight is 278 g/mol. The van der Waals surface area contributed by atoms with Crippen molar-refractivity contribution in [1.29, 1.82) is 0 Å². The summed E-state index contributed by atoms with van der Waals surface area (Å²) >= 11 is 0.